The second kappa shape index (κ2) is 6.73. The van der Waals surface area contributed by atoms with Crippen LogP contribution in [0.5, 0.6) is 5.75 Å². The molecule has 0 bridgehead atoms. The average Bonchev–Trinajstić information content (AvgIpc) is 3.40. The maximum atomic E-state index is 12.4. The standard InChI is InChI=1S/C19H13F3N6OS/c1-27-15-5-2-11(28-7-6-23-10-28)8-14(15)24-17(27)26-18-25-13-4-3-12(9-16(13)30-18)29-19(20,21)22/h2-10H,1H3,(H,24,25,26). The van der Waals surface area contributed by atoms with Crippen LogP contribution in [-0.4, -0.2) is 30.4 Å². The molecule has 0 saturated heterocycles. The number of halogens is 3. The molecule has 0 fully saturated rings. The number of rotatable bonds is 4. The fourth-order valence-electron chi connectivity index (χ4n) is 3.12. The first kappa shape index (κ1) is 18.4. The Morgan fingerprint density at radius 1 is 1.07 bits per heavy atom. The van der Waals surface area contributed by atoms with Crippen LogP contribution >= 0.6 is 11.3 Å². The molecule has 0 aliphatic rings. The second-order valence-corrected chi connectivity index (χ2v) is 7.49. The molecule has 0 spiro atoms. The number of imidazole rings is 2. The Labute approximate surface area is 171 Å². The molecule has 2 aromatic carbocycles. The third kappa shape index (κ3) is 3.43. The quantitative estimate of drug-likeness (QED) is 0.434. The van der Waals surface area contributed by atoms with Crippen molar-refractivity contribution in [3.63, 3.8) is 0 Å². The van der Waals surface area contributed by atoms with Crippen LogP contribution in [0.15, 0.2) is 55.1 Å². The van der Waals surface area contributed by atoms with Crippen molar-refractivity contribution in [2.45, 2.75) is 6.36 Å². The van der Waals surface area contributed by atoms with E-state index in [1.54, 1.807) is 12.5 Å². The minimum atomic E-state index is -4.73. The van der Waals surface area contributed by atoms with Crippen LogP contribution in [0.4, 0.5) is 24.3 Å². The average molecular weight is 430 g/mol. The van der Waals surface area contributed by atoms with Crippen LogP contribution in [0, 0.1) is 0 Å². The second-order valence-electron chi connectivity index (χ2n) is 6.46. The SMILES string of the molecule is Cn1c(Nc2nc3ccc(OC(F)(F)F)cc3s2)nc2cc(-n3ccnc3)ccc21. The van der Waals surface area contributed by atoms with Gasteiger partial charge in [0.15, 0.2) is 5.13 Å². The monoisotopic (exact) mass is 430 g/mol. The highest BCUT2D eigenvalue weighted by atomic mass is 32.1. The van der Waals surface area contributed by atoms with Crippen molar-refractivity contribution in [1.82, 2.24) is 24.1 Å². The molecule has 3 heterocycles. The summed E-state index contributed by atoms with van der Waals surface area (Å²) in [5, 5.41) is 3.67. The van der Waals surface area contributed by atoms with E-state index < -0.39 is 6.36 Å². The fourth-order valence-corrected chi connectivity index (χ4v) is 4.01. The van der Waals surface area contributed by atoms with Gasteiger partial charge in [-0.2, -0.15) is 0 Å². The number of hydrogen-bond donors (Lipinski definition) is 1. The lowest BCUT2D eigenvalue weighted by Crippen LogP contribution is -2.16. The molecular formula is C19H13F3N6OS. The van der Waals surface area contributed by atoms with Crippen molar-refractivity contribution >= 4 is 43.7 Å². The van der Waals surface area contributed by atoms with E-state index in [2.05, 4.69) is 25.0 Å². The molecule has 0 aliphatic heterocycles. The van der Waals surface area contributed by atoms with E-state index in [4.69, 9.17) is 0 Å². The number of hydrogen-bond acceptors (Lipinski definition) is 6. The van der Waals surface area contributed by atoms with Crippen LogP contribution in [0.25, 0.3) is 26.9 Å². The normalized spacial score (nSPS) is 12.0. The lowest BCUT2D eigenvalue weighted by atomic mass is 10.2. The van der Waals surface area contributed by atoms with E-state index in [0.29, 0.717) is 21.3 Å². The Balaban J connectivity index is 1.46. The van der Waals surface area contributed by atoms with Crippen LogP contribution in [-0.2, 0) is 7.05 Å². The van der Waals surface area contributed by atoms with E-state index in [1.165, 1.54) is 29.5 Å². The molecule has 152 valence electrons. The molecule has 5 rings (SSSR count). The lowest BCUT2D eigenvalue weighted by Gasteiger charge is -2.07. The maximum Gasteiger partial charge on any atom is 0.573 e. The molecule has 0 aliphatic carbocycles. The molecule has 0 saturated carbocycles. The van der Waals surface area contributed by atoms with E-state index in [0.717, 1.165) is 16.7 Å². The zero-order valence-corrected chi connectivity index (χ0v) is 16.2. The number of benzene rings is 2. The Morgan fingerprint density at radius 3 is 2.70 bits per heavy atom. The first-order valence-electron chi connectivity index (χ1n) is 8.74. The summed E-state index contributed by atoms with van der Waals surface area (Å²) in [6.07, 6.45) is 0.526. The highest BCUT2D eigenvalue weighted by Gasteiger charge is 2.31. The predicted molar refractivity (Wildman–Crippen MR) is 107 cm³/mol. The van der Waals surface area contributed by atoms with E-state index in [9.17, 15) is 13.2 Å². The number of fused-ring (bicyclic) bond motifs is 2. The molecule has 7 nitrogen and oxygen atoms in total. The van der Waals surface area contributed by atoms with Gasteiger partial charge >= 0.3 is 6.36 Å². The summed E-state index contributed by atoms with van der Waals surface area (Å²) in [7, 11) is 1.87. The van der Waals surface area contributed by atoms with Gasteiger partial charge in [0.1, 0.15) is 5.75 Å². The summed E-state index contributed by atoms with van der Waals surface area (Å²) in [4.78, 5) is 13.1. The molecule has 3 aromatic heterocycles. The van der Waals surface area contributed by atoms with Gasteiger partial charge in [-0.15, -0.1) is 13.2 Å². The first-order chi connectivity index (χ1) is 14.4. The number of thiazole rings is 1. The Hall–Kier alpha value is -3.60. The summed E-state index contributed by atoms with van der Waals surface area (Å²) in [5.41, 5.74) is 3.21. The number of aryl methyl sites for hydroxylation is 1. The molecule has 11 heteroatoms. The molecule has 30 heavy (non-hydrogen) atoms. The highest BCUT2D eigenvalue weighted by molar-refractivity contribution is 7.22. The fraction of sp³-hybridized carbons (Fsp3) is 0.105. The number of alkyl halides is 3. The molecule has 1 N–H and O–H groups in total. The maximum absolute atomic E-state index is 12.4. The van der Waals surface area contributed by atoms with Gasteiger partial charge in [-0.25, -0.2) is 15.0 Å². The van der Waals surface area contributed by atoms with Crippen LogP contribution < -0.4 is 10.1 Å². The largest absolute Gasteiger partial charge is 0.573 e. The third-order valence-electron chi connectivity index (χ3n) is 4.48. The zero-order chi connectivity index (χ0) is 20.9. The molecule has 5 aromatic rings. The number of ether oxygens (including phenoxy) is 1. The van der Waals surface area contributed by atoms with Crippen molar-refractivity contribution in [1.29, 1.82) is 0 Å². The van der Waals surface area contributed by atoms with E-state index >= 15 is 0 Å². The summed E-state index contributed by atoms with van der Waals surface area (Å²) >= 11 is 1.22. The van der Waals surface area contributed by atoms with Crippen molar-refractivity contribution in [3.8, 4) is 11.4 Å². The third-order valence-corrected chi connectivity index (χ3v) is 5.41. The van der Waals surface area contributed by atoms with Gasteiger partial charge in [-0.1, -0.05) is 11.3 Å². The summed E-state index contributed by atoms with van der Waals surface area (Å²) in [6, 6.07) is 9.92. The smallest absolute Gasteiger partial charge is 0.406 e. The molecule has 0 unspecified atom stereocenters. The van der Waals surface area contributed by atoms with Crippen molar-refractivity contribution < 1.29 is 17.9 Å². The number of nitrogens with one attached hydrogen (secondary N) is 1. The summed E-state index contributed by atoms with van der Waals surface area (Å²) in [6.45, 7) is 0. The zero-order valence-electron chi connectivity index (χ0n) is 15.4. The predicted octanol–water partition coefficient (Wildman–Crippen LogP) is 5.01. The van der Waals surface area contributed by atoms with E-state index in [1.807, 2.05) is 40.6 Å². The van der Waals surface area contributed by atoms with Gasteiger partial charge in [0.25, 0.3) is 0 Å². The van der Waals surface area contributed by atoms with E-state index in [-0.39, 0.29) is 5.75 Å². The first-order valence-corrected chi connectivity index (χ1v) is 9.55. The van der Waals surface area contributed by atoms with Crippen molar-refractivity contribution in [2.24, 2.45) is 7.05 Å². The highest BCUT2D eigenvalue weighted by Crippen LogP contribution is 2.33. The van der Waals surface area contributed by atoms with Gasteiger partial charge in [0.2, 0.25) is 5.95 Å². The minimum absolute atomic E-state index is 0.278. The minimum Gasteiger partial charge on any atom is -0.406 e. The van der Waals surface area contributed by atoms with Crippen LogP contribution in [0.3, 0.4) is 0 Å². The topological polar surface area (TPSA) is 69.8 Å². The van der Waals surface area contributed by atoms with Crippen LogP contribution in [0.2, 0.25) is 0 Å². The van der Waals surface area contributed by atoms with Crippen molar-refractivity contribution in [2.75, 3.05) is 5.32 Å². The molecule has 0 radical (unpaired) electrons. The molecule has 0 atom stereocenters. The number of aromatic nitrogens is 5. The van der Waals surface area contributed by atoms with Gasteiger partial charge in [-0.3, -0.25) is 0 Å². The van der Waals surface area contributed by atoms with Crippen molar-refractivity contribution in [3.05, 3.63) is 55.1 Å². The number of nitrogens with zero attached hydrogens (tertiary/aromatic N) is 5. The Bertz CT molecular complexity index is 1360. The van der Waals surface area contributed by atoms with Gasteiger partial charge in [0.05, 0.1) is 27.6 Å². The summed E-state index contributed by atoms with van der Waals surface area (Å²) < 4.78 is 45.6. The Kier molecular flexibility index (Phi) is 4.13. The van der Waals surface area contributed by atoms with Crippen LogP contribution in [0.1, 0.15) is 0 Å². The molecular weight excluding hydrogens is 417 g/mol. The molecule has 0 amide bonds. The lowest BCUT2D eigenvalue weighted by molar-refractivity contribution is -0.274. The Morgan fingerprint density at radius 2 is 1.93 bits per heavy atom. The number of anilines is 2. The van der Waals surface area contributed by atoms with Gasteiger partial charge < -0.3 is 19.2 Å². The summed E-state index contributed by atoms with van der Waals surface area (Å²) in [5.74, 6) is 0.290. The van der Waals surface area contributed by atoms with Gasteiger partial charge in [-0.05, 0) is 30.3 Å². The van der Waals surface area contributed by atoms with Gasteiger partial charge in [0, 0.05) is 31.2 Å².